The molecule has 0 bridgehead atoms. The molecule has 0 aromatic carbocycles. The summed E-state index contributed by atoms with van der Waals surface area (Å²) >= 11 is 0. The zero-order valence-electron chi connectivity index (χ0n) is 7.54. The molecule has 0 spiro atoms. The van der Waals surface area contributed by atoms with E-state index in [9.17, 15) is 9.59 Å². The van der Waals surface area contributed by atoms with Crippen molar-refractivity contribution in [1.29, 1.82) is 0 Å². The molecule has 0 aliphatic rings. The Morgan fingerprint density at radius 2 is 1.17 bits per heavy atom. The van der Waals surface area contributed by atoms with E-state index in [1.54, 1.807) is 13.8 Å². The van der Waals surface area contributed by atoms with E-state index in [2.05, 4.69) is 13.8 Å². The first-order valence-corrected chi connectivity index (χ1v) is 2.98. The van der Waals surface area contributed by atoms with Crippen LogP contribution in [0.1, 0.15) is 20.3 Å². The fourth-order valence-corrected chi connectivity index (χ4v) is 0.129. The molecule has 2 N–H and O–H groups in total. The maximum atomic E-state index is 9.43. The molecular formula is C7H14MgO4. The van der Waals surface area contributed by atoms with Crippen molar-refractivity contribution in [2.75, 3.05) is 0 Å². The van der Waals surface area contributed by atoms with Crippen molar-refractivity contribution in [2.24, 2.45) is 0 Å². The molecule has 4 nitrogen and oxygen atoms in total. The second kappa shape index (κ2) is 22.4. The number of carboxylic acids is 2. The predicted molar refractivity (Wildman–Crippen MR) is 47.7 cm³/mol. The van der Waals surface area contributed by atoms with E-state index in [-0.39, 0.29) is 23.1 Å². The minimum Gasteiger partial charge on any atom is -0.481 e. The van der Waals surface area contributed by atoms with Gasteiger partial charge in [-0.05, 0) is 0 Å². The van der Waals surface area contributed by atoms with Crippen LogP contribution in [0.5, 0.6) is 0 Å². The monoisotopic (exact) mass is 186 g/mol. The Bertz CT molecular complexity index is 91.6. The van der Waals surface area contributed by atoms with Crippen LogP contribution in [0.4, 0.5) is 0 Å². The summed E-state index contributed by atoms with van der Waals surface area (Å²) in [5.41, 5.74) is 0. The third-order valence-electron chi connectivity index (χ3n) is 0.302. The van der Waals surface area contributed by atoms with Crippen LogP contribution in [0.2, 0.25) is 0 Å². The molecule has 0 fully saturated rings. The Morgan fingerprint density at radius 3 is 1.17 bits per heavy atom. The second-order valence-electron chi connectivity index (χ2n) is 0.964. The molecule has 12 heavy (non-hydrogen) atoms. The fraction of sp³-hybridized carbons (Fsp3) is 0.429. The number of rotatable bonds is 2. The molecule has 0 heterocycles. The molecule has 0 radical (unpaired) electrons. The summed E-state index contributed by atoms with van der Waals surface area (Å²) in [6.07, 6.45) is -0.806. The van der Waals surface area contributed by atoms with Crippen LogP contribution in [0.3, 0.4) is 0 Å². The van der Waals surface area contributed by atoms with Crippen molar-refractivity contribution in [1.82, 2.24) is 0 Å². The Morgan fingerprint density at radius 1 is 1.00 bits per heavy atom. The zero-order valence-corrected chi connectivity index (χ0v) is 8.95. The first-order chi connectivity index (χ1) is 5.13. The Hall–Kier alpha value is -0.294. The summed E-state index contributed by atoms with van der Waals surface area (Å²) < 4.78 is 0. The van der Waals surface area contributed by atoms with E-state index < -0.39 is 18.4 Å². The van der Waals surface area contributed by atoms with Crippen LogP contribution in [0.25, 0.3) is 0 Å². The largest absolute Gasteiger partial charge is 2.00 e. The standard InChI is InChI=1S/C3H4O4.2C2H5.Mg/c4-2(5)1-3(6)7;2*1-2;/h1H2,(H,4,5)(H,6,7);2*1H2,2H3;/q;2*-1;+2. The summed E-state index contributed by atoms with van der Waals surface area (Å²) in [5, 5.41) is 15.4. The van der Waals surface area contributed by atoms with Crippen molar-refractivity contribution in [3.63, 3.8) is 0 Å². The number of hydrogen-bond acceptors (Lipinski definition) is 2. The van der Waals surface area contributed by atoms with Gasteiger partial charge in [0.1, 0.15) is 6.42 Å². The van der Waals surface area contributed by atoms with Crippen LogP contribution < -0.4 is 0 Å². The van der Waals surface area contributed by atoms with E-state index in [0.717, 1.165) is 0 Å². The van der Waals surface area contributed by atoms with Crippen molar-refractivity contribution in [2.45, 2.75) is 20.3 Å². The predicted octanol–water partition coefficient (Wildman–Crippen LogP) is 0.846. The van der Waals surface area contributed by atoms with Gasteiger partial charge >= 0.3 is 35.0 Å². The molecule has 68 valence electrons. The molecule has 5 heteroatoms. The summed E-state index contributed by atoms with van der Waals surface area (Å²) in [4.78, 5) is 18.9. The maximum Gasteiger partial charge on any atom is 2.00 e. The zero-order chi connectivity index (χ0) is 9.86. The normalized spacial score (nSPS) is 5.67. The van der Waals surface area contributed by atoms with E-state index in [0.29, 0.717) is 0 Å². The smallest absolute Gasteiger partial charge is 0.481 e. The van der Waals surface area contributed by atoms with Gasteiger partial charge in [-0.1, -0.05) is 0 Å². The third-order valence-corrected chi connectivity index (χ3v) is 0.302. The van der Waals surface area contributed by atoms with Gasteiger partial charge in [-0.15, -0.1) is 0 Å². The molecule has 0 amide bonds. The van der Waals surface area contributed by atoms with Crippen molar-refractivity contribution < 1.29 is 19.8 Å². The molecule has 0 aliphatic heterocycles. The Balaban J connectivity index is -0.0000000560. The molecule has 0 saturated heterocycles. The molecular weight excluding hydrogens is 172 g/mol. The quantitative estimate of drug-likeness (QED) is 0.381. The van der Waals surface area contributed by atoms with Gasteiger partial charge in [0.15, 0.2) is 0 Å². The summed E-state index contributed by atoms with van der Waals surface area (Å²) in [7, 11) is 0. The average Bonchev–Trinajstić information content (AvgIpc) is 1.93. The van der Waals surface area contributed by atoms with Gasteiger partial charge in [-0.3, -0.25) is 9.59 Å². The number of carbonyl (C=O) groups is 2. The first-order valence-electron chi connectivity index (χ1n) is 2.98. The topological polar surface area (TPSA) is 74.6 Å². The Labute approximate surface area is 89.1 Å². The maximum absolute atomic E-state index is 9.43. The average molecular weight is 186 g/mol. The van der Waals surface area contributed by atoms with Crippen LogP contribution in [0.15, 0.2) is 0 Å². The fourth-order valence-electron chi connectivity index (χ4n) is 0.129. The van der Waals surface area contributed by atoms with Gasteiger partial charge in [0.2, 0.25) is 0 Å². The second-order valence-corrected chi connectivity index (χ2v) is 0.964. The van der Waals surface area contributed by atoms with Crippen molar-refractivity contribution in [3.05, 3.63) is 13.8 Å². The summed E-state index contributed by atoms with van der Waals surface area (Å²) in [6, 6.07) is 0. The van der Waals surface area contributed by atoms with Crippen molar-refractivity contribution in [3.8, 4) is 0 Å². The molecule has 0 atom stereocenters. The van der Waals surface area contributed by atoms with Gasteiger partial charge in [-0.25, -0.2) is 0 Å². The molecule has 0 aromatic heterocycles. The van der Waals surface area contributed by atoms with Crippen LogP contribution in [-0.2, 0) is 9.59 Å². The van der Waals surface area contributed by atoms with Gasteiger partial charge in [0, 0.05) is 0 Å². The van der Waals surface area contributed by atoms with Crippen LogP contribution in [-0.4, -0.2) is 45.2 Å². The summed E-state index contributed by atoms with van der Waals surface area (Å²) in [5.74, 6) is -2.62. The van der Waals surface area contributed by atoms with E-state index in [1.807, 2.05) is 0 Å². The van der Waals surface area contributed by atoms with Crippen LogP contribution >= 0.6 is 0 Å². The number of hydrogen-bond donors (Lipinski definition) is 2. The van der Waals surface area contributed by atoms with Gasteiger partial charge < -0.3 is 24.1 Å². The van der Waals surface area contributed by atoms with E-state index >= 15 is 0 Å². The molecule has 0 unspecified atom stereocenters. The molecule has 0 rings (SSSR count). The van der Waals surface area contributed by atoms with Crippen molar-refractivity contribution >= 4 is 35.0 Å². The van der Waals surface area contributed by atoms with Gasteiger partial charge in [0.05, 0.1) is 0 Å². The number of aliphatic carboxylic acids is 2. The third kappa shape index (κ3) is 53.6. The van der Waals surface area contributed by atoms with Crippen LogP contribution in [0, 0.1) is 13.8 Å². The molecule has 0 aromatic rings. The number of carboxylic acid groups (broad SMARTS) is 2. The summed E-state index contributed by atoms with van der Waals surface area (Å²) in [6.45, 7) is 10.0. The van der Waals surface area contributed by atoms with Gasteiger partial charge in [-0.2, -0.15) is 13.8 Å². The minimum absolute atomic E-state index is 0. The first kappa shape index (κ1) is 22.6. The van der Waals surface area contributed by atoms with Gasteiger partial charge in [0.25, 0.3) is 0 Å². The Kier molecular flexibility index (Phi) is 42.2. The minimum atomic E-state index is -1.31. The van der Waals surface area contributed by atoms with E-state index in [4.69, 9.17) is 10.2 Å². The van der Waals surface area contributed by atoms with E-state index in [1.165, 1.54) is 0 Å². The molecule has 0 saturated carbocycles. The molecule has 0 aliphatic carbocycles. The SMILES string of the molecule is O=C(O)CC(=O)O.[CH2-]C.[CH2-]C.[Mg+2].